The summed E-state index contributed by atoms with van der Waals surface area (Å²) in [5.41, 5.74) is 0. The molecule has 0 aromatic carbocycles. The molecule has 0 rings (SSSR count). The normalized spacial score (nSPS) is 15.9. The van der Waals surface area contributed by atoms with Crippen LogP contribution in [-0.4, -0.2) is 29.6 Å². The number of halogens is 2. The molecule has 2 atom stereocenters. The van der Waals surface area contributed by atoms with Crippen LogP contribution in [0.25, 0.3) is 0 Å². The maximum atomic E-state index is 12.1. The summed E-state index contributed by atoms with van der Waals surface area (Å²) in [5, 5.41) is 11.1. The van der Waals surface area contributed by atoms with Gasteiger partial charge in [-0.15, -0.1) is 0 Å². The van der Waals surface area contributed by atoms with Crippen molar-refractivity contribution in [2.75, 3.05) is 0 Å². The number of carbonyl (C=O) groups is 1. The van der Waals surface area contributed by atoms with E-state index in [1.54, 1.807) is 0 Å². The Labute approximate surface area is 82.5 Å². The maximum Gasteiger partial charge on any atom is 0.320 e. The predicted octanol–water partition coefficient (Wildman–Crippen LogP) is 1.73. The Bertz CT molecular complexity index is 186. The number of carboxylic acids is 1. The highest BCUT2D eigenvalue weighted by atomic mass is 19.3. The Kier molecular flexibility index (Phi) is 5.60. The lowest BCUT2D eigenvalue weighted by atomic mass is 10.0. The highest BCUT2D eigenvalue weighted by Crippen LogP contribution is 2.08. The molecule has 0 saturated carbocycles. The molecule has 0 bridgehead atoms. The molecule has 0 heterocycles. The quantitative estimate of drug-likeness (QED) is 0.700. The van der Waals surface area contributed by atoms with Gasteiger partial charge in [0.2, 0.25) is 0 Å². The number of rotatable bonds is 6. The summed E-state index contributed by atoms with van der Waals surface area (Å²) >= 11 is 0. The molecule has 0 aliphatic carbocycles. The average Bonchev–Trinajstić information content (AvgIpc) is 2.01. The molecule has 0 amide bonds. The summed E-state index contributed by atoms with van der Waals surface area (Å²) in [4.78, 5) is 10.7. The van der Waals surface area contributed by atoms with Crippen LogP contribution in [0.5, 0.6) is 0 Å². The number of carboxylic acid groups (broad SMARTS) is 1. The predicted molar refractivity (Wildman–Crippen MR) is 49.5 cm³/mol. The van der Waals surface area contributed by atoms with Crippen LogP contribution in [0, 0.1) is 5.92 Å². The van der Waals surface area contributed by atoms with Crippen LogP contribution in [-0.2, 0) is 4.79 Å². The Morgan fingerprint density at radius 2 is 1.86 bits per heavy atom. The Hall–Kier alpha value is -0.710. The lowest BCUT2D eigenvalue weighted by molar-refractivity contribution is -0.140. The Morgan fingerprint density at radius 1 is 1.36 bits per heavy atom. The van der Waals surface area contributed by atoms with Gasteiger partial charge in [0.25, 0.3) is 6.43 Å². The van der Waals surface area contributed by atoms with Gasteiger partial charge in [-0.25, -0.2) is 8.78 Å². The van der Waals surface area contributed by atoms with E-state index in [0.29, 0.717) is 6.42 Å². The molecule has 3 nitrogen and oxygen atoms in total. The minimum Gasteiger partial charge on any atom is -0.480 e. The third-order valence-corrected chi connectivity index (χ3v) is 1.85. The summed E-state index contributed by atoms with van der Waals surface area (Å²) < 4.78 is 24.3. The number of hydrogen-bond donors (Lipinski definition) is 2. The molecule has 0 spiro atoms. The van der Waals surface area contributed by atoms with Crippen LogP contribution in [0.2, 0.25) is 0 Å². The van der Waals surface area contributed by atoms with Crippen molar-refractivity contribution in [3.05, 3.63) is 0 Å². The van der Waals surface area contributed by atoms with Crippen molar-refractivity contribution in [3.8, 4) is 0 Å². The minimum absolute atomic E-state index is 0.161. The van der Waals surface area contributed by atoms with Crippen molar-refractivity contribution < 1.29 is 18.7 Å². The number of hydrogen-bond acceptors (Lipinski definition) is 2. The Balaban J connectivity index is 4.16. The smallest absolute Gasteiger partial charge is 0.320 e. The average molecular weight is 209 g/mol. The highest BCUT2D eigenvalue weighted by Gasteiger charge is 2.24. The second kappa shape index (κ2) is 5.90. The molecule has 0 aliphatic rings. The molecule has 5 heteroatoms. The Morgan fingerprint density at radius 3 is 2.14 bits per heavy atom. The van der Waals surface area contributed by atoms with Crippen molar-refractivity contribution in [1.82, 2.24) is 5.32 Å². The number of alkyl halides is 2. The van der Waals surface area contributed by atoms with Gasteiger partial charge < -0.3 is 5.11 Å². The van der Waals surface area contributed by atoms with Crippen molar-refractivity contribution in [1.29, 1.82) is 0 Å². The summed E-state index contributed by atoms with van der Waals surface area (Å²) in [5.74, 6) is -0.917. The van der Waals surface area contributed by atoms with E-state index in [9.17, 15) is 13.6 Å². The van der Waals surface area contributed by atoms with Crippen LogP contribution in [0.4, 0.5) is 8.78 Å². The van der Waals surface area contributed by atoms with Gasteiger partial charge in [-0.05, 0) is 19.3 Å². The van der Waals surface area contributed by atoms with Crippen LogP contribution >= 0.6 is 0 Å². The summed E-state index contributed by atoms with van der Waals surface area (Å²) in [7, 11) is 0. The van der Waals surface area contributed by atoms with Crippen molar-refractivity contribution in [2.24, 2.45) is 5.92 Å². The number of aliphatic carboxylic acids is 1. The van der Waals surface area contributed by atoms with Gasteiger partial charge in [-0.3, -0.25) is 10.1 Å². The zero-order valence-corrected chi connectivity index (χ0v) is 8.63. The zero-order valence-electron chi connectivity index (χ0n) is 8.63. The third kappa shape index (κ3) is 5.11. The molecular weight excluding hydrogens is 192 g/mol. The molecule has 14 heavy (non-hydrogen) atoms. The fraction of sp³-hybridized carbons (Fsp3) is 0.889. The van der Waals surface area contributed by atoms with Crippen LogP contribution in [0.15, 0.2) is 0 Å². The van der Waals surface area contributed by atoms with E-state index in [2.05, 4.69) is 5.32 Å². The molecule has 0 saturated heterocycles. The fourth-order valence-corrected chi connectivity index (χ4v) is 1.10. The number of nitrogens with one attached hydrogen (secondary N) is 1. The summed E-state index contributed by atoms with van der Waals surface area (Å²) in [6.07, 6.45) is -2.18. The summed E-state index contributed by atoms with van der Waals surface area (Å²) in [6, 6.07) is -1.98. The van der Waals surface area contributed by atoms with Gasteiger partial charge >= 0.3 is 5.97 Å². The van der Waals surface area contributed by atoms with E-state index in [4.69, 9.17) is 5.11 Å². The minimum atomic E-state index is -2.54. The second-order valence-electron chi connectivity index (χ2n) is 3.81. The van der Waals surface area contributed by atoms with E-state index < -0.39 is 24.5 Å². The first-order valence-electron chi connectivity index (χ1n) is 4.61. The first-order chi connectivity index (χ1) is 6.34. The molecule has 84 valence electrons. The van der Waals surface area contributed by atoms with E-state index >= 15 is 0 Å². The highest BCUT2D eigenvalue weighted by molar-refractivity contribution is 5.73. The zero-order chi connectivity index (χ0) is 11.3. The topological polar surface area (TPSA) is 49.3 Å². The fourth-order valence-electron chi connectivity index (χ4n) is 1.10. The molecule has 2 N–H and O–H groups in total. The first-order valence-corrected chi connectivity index (χ1v) is 4.61. The van der Waals surface area contributed by atoms with Crippen LogP contribution in [0.3, 0.4) is 0 Å². The van der Waals surface area contributed by atoms with Crippen molar-refractivity contribution >= 4 is 5.97 Å². The van der Waals surface area contributed by atoms with E-state index in [1.165, 1.54) is 6.92 Å². The third-order valence-electron chi connectivity index (χ3n) is 1.85. The van der Waals surface area contributed by atoms with E-state index in [0.717, 1.165) is 0 Å². The second-order valence-corrected chi connectivity index (χ2v) is 3.81. The lowest BCUT2D eigenvalue weighted by Crippen LogP contribution is -2.45. The summed E-state index contributed by atoms with van der Waals surface area (Å²) in [6.45, 7) is 4.98. The SMILES string of the molecule is CC(C)CC(NC(C)C(F)F)C(=O)O. The monoisotopic (exact) mass is 209 g/mol. The molecular formula is C9H17F2NO2. The molecule has 0 aliphatic heterocycles. The van der Waals surface area contributed by atoms with Crippen LogP contribution in [0.1, 0.15) is 27.2 Å². The van der Waals surface area contributed by atoms with E-state index in [-0.39, 0.29) is 5.92 Å². The van der Waals surface area contributed by atoms with Gasteiger partial charge in [0.1, 0.15) is 6.04 Å². The molecule has 0 fully saturated rings. The molecule has 2 unspecified atom stereocenters. The largest absolute Gasteiger partial charge is 0.480 e. The molecule has 0 aromatic rings. The molecule has 0 radical (unpaired) electrons. The van der Waals surface area contributed by atoms with Crippen molar-refractivity contribution in [3.63, 3.8) is 0 Å². The van der Waals surface area contributed by atoms with Gasteiger partial charge in [-0.1, -0.05) is 13.8 Å². The van der Waals surface area contributed by atoms with Crippen LogP contribution < -0.4 is 5.32 Å². The lowest BCUT2D eigenvalue weighted by Gasteiger charge is -2.20. The van der Waals surface area contributed by atoms with Gasteiger partial charge in [-0.2, -0.15) is 0 Å². The van der Waals surface area contributed by atoms with Crippen molar-refractivity contribution in [2.45, 2.75) is 45.7 Å². The standard InChI is InChI=1S/C9H17F2NO2/c1-5(2)4-7(9(13)14)12-6(3)8(10)11/h5-8,12H,4H2,1-3H3,(H,13,14). The molecule has 0 aromatic heterocycles. The van der Waals surface area contributed by atoms with Gasteiger partial charge in [0, 0.05) is 0 Å². The van der Waals surface area contributed by atoms with E-state index in [1.807, 2.05) is 13.8 Å². The van der Waals surface area contributed by atoms with Gasteiger partial charge in [0.15, 0.2) is 0 Å². The first kappa shape index (κ1) is 13.3. The maximum absolute atomic E-state index is 12.1. The van der Waals surface area contributed by atoms with Gasteiger partial charge in [0.05, 0.1) is 6.04 Å².